The quantitative estimate of drug-likeness (QED) is 0.328. The minimum absolute atomic E-state index is 0.0982. The highest BCUT2D eigenvalue weighted by atomic mass is 16.5. The van der Waals surface area contributed by atoms with E-state index < -0.39 is 0 Å². The first-order valence-corrected chi connectivity index (χ1v) is 12.3. The molecule has 0 aliphatic carbocycles. The number of carbonyl (C=O) groups is 2. The largest absolute Gasteiger partial charge is 0.497 e. The molecular weight excluding hydrogens is 464 g/mol. The van der Waals surface area contributed by atoms with Crippen molar-refractivity contribution in [3.05, 3.63) is 101 Å². The van der Waals surface area contributed by atoms with Crippen molar-refractivity contribution >= 4 is 29.4 Å². The van der Waals surface area contributed by atoms with Crippen LogP contribution in [0.25, 0.3) is 0 Å². The van der Waals surface area contributed by atoms with Crippen molar-refractivity contribution in [3.63, 3.8) is 0 Å². The zero-order valence-electron chi connectivity index (χ0n) is 21.6. The van der Waals surface area contributed by atoms with Gasteiger partial charge in [0.05, 0.1) is 7.11 Å². The number of methoxy groups -OCH3 is 1. The highest BCUT2D eigenvalue weighted by Gasteiger charge is 2.43. The number of ether oxygens (including phenoxy) is 1. The molecule has 3 aromatic carbocycles. The van der Waals surface area contributed by atoms with Crippen molar-refractivity contribution < 1.29 is 14.3 Å². The molecule has 0 fully saturated rings. The summed E-state index contributed by atoms with van der Waals surface area (Å²) >= 11 is 0. The van der Waals surface area contributed by atoms with E-state index in [-0.39, 0.29) is 17.2 Å². The normalized spacial score (nSPS) is 17.6. The summed E-state index contributed by atoms with van der Waals surface area (Å²) in [6, 6.07) is 23.1. The molecule has 1 aliphatic rings. The number of carbonyl (C=O) groups excluding carboxylic acids is 2. The molecule has 0 bridgehead atoms. The Labute approximate surface area is 217 Å². The molecule has 1 heterocycles. The number of amides is 2. The van der Waals surface area contributed by atoms with Gasteiger partial charge in [-0.15, -0.1) is 0 Å². The standard InChI is InChI=1S/C30H32N4O3/c1-5-34-27-16-15-25(37-4)19-26(27)30(3,20-22-11-13-24(14-12-22)32-21(2)35)28(34)17-18-31-33-29(36)23-9-7-6-8-10-23/h6-19H,5,20H2,1-4H3,(H,32,35)(H,33,36)/b28-17-,31-18+. The second kappa shape index (κ2) is 11.1. The van der Waals surface area contributed by atoms with Crippen LogP contribution in [0, 0.1) is 0 Å². The van der Waals surface area contributed by atoms with E-state index in [1.54, 1.807) is 25.5 Å². The minimum Gasteiger partial charge on any atom is -0.497 e. The van der Waals surface area contributed by atoms with Gasteiger partial charge in [-0.1, -0.05) is 30.3 Å². The summed E-state index contributed by atoms with van der Waals surface area (Å²) in [5.41, 5.74) is 8.02. The maximum Gasteiger partial charge on any atom is 0.271 e. The molecule has 0 saturated carbocycles. The Morgan fingerprint density at radius 3 is 2.43 bits per heavy atom. The molecule has 1 unspecified atom stereocenters. The fraction of sp³-hybridized carbons (Fsp3) is 0.233. The number of likely N-dealkylation sites (N-methyl/N-ethyl adjacent to an activating group) is 1. The first-order valence-electron chi connectivity index (χ1n) is 12.3. The van der Waals surface area contributed by atoms with Crippen LogP contribution in [-0.4, -0.2) is 31.7 Å². The molecular formula is C30H32N4O3. The van der Waals surface area contributed by atoms with Crippen LogP contribution in [0.1, 0.15) is 42.3 Å². The van der Waals surface area contributed by atoms with E-state index in [9.17, 15) is 9.59 Å². The van der Waals surface area contributed by atoms with E-state index in [0.29, 0.717) is 5.56 Å². The Bertz CT molecular complexity index is 1330. The number of anilines is 2. The number of allylic oxidation sites excluding steroid dienone is 2. The molecule has 1 atom stereocenters. The van der Waals surface area contributed by atoms with E-state index >= 15 is 0 Å². The molecule has 2 N–H and O–H groups in total. The Balaban J connectivity index is 1.67. The van der Waals surface area contributed by atoms with Gasteiger partial charge in [-0.25, -0.2) is 5.43 Å². The third-order valence-corrected chi connectivity index (χ3v) is 6.60. The highest BCUT2D eigenvalue weighted by molar-refractivity contribution is 5.94. The molecule has 0 spiro atoms. The molecule has 37 heavy (non-hydrogen) atoms. The van der Waals surface area contributed by atoms with Crippen LogP contribution >= 0.6 is 0 Å². The topological polar surface area (TPSA) is 83.0 Å². The lowest BCUT2D eigenvalue weighted by molar-refractivity contribution is -0.114. The Morgan fingerprint density at radius 1 is 1.05 bits per heavy atom. The summed E-state index contributed by atoms with van der Waals surface area (Å²) in [4.78, 5) is 26.1. The van der Waals surface area contributed by atoms with E-state index in [2.05, 4.69) is 46.7 Å². The van der Waals surface area contributed by atoms with Crippen LogP contribution in [-0.2, 0) is 16.6 Å². The minimum atomic E-state index is -0.384. The van der Waals surface area contributed by atoms with Crippen LogP contribution in [0.4, 0.5) is 11.4 Å². The Hall–Kier alpha value is -4.39. The van der Waals surface area contributed by atoms with Crippen molar-refractivity contribution in [3.8, 4) is 5.75 Å². The summed E-state index contributed by atoms with van der Waals surface area (Å²) in [5, 5.41) is 7.01. The lowest BCUT2D eigenvalue weighted by atomic mass is 9.76. The van der Waals surface area contributed by atoms with Crippen LogP contribution < -0.4 is 20.4 Å². The average molecular weight is 497 g/mol. The number of hydrazone groups is 1. The van der Waals surface area contributed by atoms with Gasteiger partial charge in [-0.05, 0) is 79.9 Å². The zero-order chi connectivity index (χ0) is 26.4. The van der Waals surface area contributed by atoms with Gasteiger partial charge in [0.1, 0.15) is 5.75 Å². The van der Waals surface area contributed by atoms with Crippen molar-refractivity contribution in [2.45, 2.75) is 32.6 Å². The Morgan fingerprint density at radius 2 is 1.78 bits per heavy atom. The molecule has 0 saturated heterocycles. The second-order valence-electron chi connectivity index (χ2n) is 9.15. The van der Waals surface area contributed by atoms with Gasteiger partial charge in [0, 0.05) is 47.7 Å². The zero-order valence-corrected chi connectivity index (χ0v) is 21.6. The highest BCUT2D eigenvalue weighted by Crippen LogP contribution is 2.50. The molecule has 0 aromatic heterocycles. The fourth-order valence-corrected chi connectivity index (χ4v) is 4.86. The number of hydrogen-bond acceptors (Lipinski definition) is 5. The van der Waals surface area contributed by atoms with E-state index in [0.717, 1.165) is 46.9 Å². The van der Waals surface area contributed by atoms with E-state index in [4.69, 9.17) is 4.74 Å². The lowest BCUT2D eigenvalue weighted by Crippen LogP contribution is -2.31. The number of nitrogens with zero attached hydrogens (tertiary/aromatic N) is 2. The molecule has 7 heteroatoms. The third-order valence-electron chi connectivity index (χ3n) is 6.60. The summed E-state index contributed by atoms with van der Waals surface area (Å²) in [6.07, 6.45) is 4.33. The van der Waals surface area contributed by atoms with Gasteiger partial charge in [-0.3, -0.25) is 9.59 Å². The molecule has 7 nitrogen and oxygen atoms in total. The number of benzene rings is 3. The number of fused-ring (bicyclic) bond motifs is 1. The maximum absolute atomic E-state index is 12.4. The van der Waals surface area contributed by atoms with Gasteiger partial charge < -0.3 is 15.0 Å². The van der Waals surface area contributed by atoms with Gasteiger partial charge in [0.15, 0.2) is 0 Å². The van der Waals surface area contributed by atoms with Crippen LogP contribution in [0.2, 0.25) is 0 Å². The van der Waals surface area contributed by atoms with Crippen LogP contribution in [0.15, 0.2) is 89.7 Å². The lowest BCUT2D eigenvalue weighted by Gasteiger charge is -2.30. The molecule has 1 aliphatic heterocycles. The van der Waals surface area contributed by atoms with Crippen molar-refractivity contribution in [2.24, 2.45) is 5.10 Å². The first-order chi connectivity index (χ1) is 17.9. The number of nitrogens with one attached hydrogen (secondary N) is 2. The van der Waals surface area contributed by atoms with Crippen molar-refractivity contribution in [1.29, 1.82) is 0 Å². The molecule has 4 rings (SSSR count). The molecule has 0 radical (unpaired) electrons. The Kier molecular flexibility index (Phi) is 7.72. The first kappa shape index (κ1) is 25.7. The summed E-state index contributed by atoms with van der Waals surface area (Å²) < 4.78 is 5.55. The monoisotopic (exact) mass is 496 g/mol. The molecule has 3 aromatic rings. The number of rotatable bonds is 8. The van der Waals surface area contributed by atoms with Crippen LogP contribution in [0.5, 0.6) is 5.75 Å². The van der Waals surface area contributed by atoms with Gasteiger partial charge in [0.25, 0.3) is 5.91 Å². The van der Waals surface area contributed by atoms with E-state index in [1.165, 1.54) is 6.92 Å². The number of hydrogen-bond donors (Lipinski definition) is 2. The van der Waals surface area contributed by atoms with Gasteiger partial charge >= 0.3 is 0 Å². The maximum atomic E-state index is 12.4. The smallest absolute Gasteiger partial charge is 0.271 e. The van der Waals surface area contributed by atoms with Gasteiger partial charge in [0.2, 0.25) is 5.91 Å². The third kappa shape index (κ3) is 5.56. The SMILES string of the molecule is CCN1/C(=C\C=N\NC(=O)c2ccccc2)C(C)(Cc2ccc(NC(C)=O)cc2)c2cc(OC)ccc21. The van der Waals surface area contributed by atoms with E-state index in [1.807, 2.05) is 54.6 Å². The second-order valence-corrected chi connectivity index (χ2v) is 9.15. The predicted octanol–water partition coefficient (Wildman–Crippen LogP) is 5.29. The predicted molar refractivity (Wildman–Crippen MR) is 148 cm³/mol. The average Bonchev–Trinajstić information content (AvgIpc) is 3.14. The summed E-state index contributed by atoms with van der Waals surface area (Å²) in [6.45, 7) is 6.60. The summed E-state index contributed by atoms with van der Waals surface area (Å²) in [7, 11) is 1.67. The van der Waals surface area contributed by atoms with Crippen molar-refractivity contribution in [2.75, 3.05) is 23.9 Å². The summed E-state index contributed by atoms with van der Waals surface area (Å²) in [5.74, 6) is 0.440. The van der Waals surface area contributed by atoms with Crippen LogP contribution in [0.3, 0.4) is 0 Å². The van der Waals surface area contributed by atoms with Gasteiger partial charge in [-0.2, -0.15) is 5.10 Å². The molecule has 2 amide bonds. The fourth-order valence-electron chi connectivity index (χ4n) is 4.86. The molecule has 190 valence electrons. The van der Waals surface area contributed by atoms with Crippen molar-refractivity contribution in [1.82, 2.24) is 5.43 Å².